The zero-order valence-corrected chi connectivity index (χ0v) is 21.7. The van der Waals surface area contributed by atoms with E-state index in [1.165, 1.54) is 19.3 Å². The third kappa shape index (κ3) is 8.31. The lowest BCUT2D eigenvalue weighted by Gasteiger charge is -2.31. The first-order chi connectivity index (χ1) is 18.2. The van der Waals surface area contributed by atoms with Gasteiger partial charge in [0, 0.05) is 17.7 Å². The number of nitrogens with one attached hydrogen (secondary N) is 1. The normalized spacial score (nSPS) is 15.5. The molecule has 1 saturated carbocycles. The van der Waals surface area contributed by atoms with Crippen molar-refractivity contribution in [3.63, 3.8) is 0 Å². The van der Waals surface area contributed by atoms with E-state index < -0.39 is 6.04 Å². The van der Waals surface area contributed by atoms with E-state index in [0.29, 0.717) is 12.3 Å². The van der Waals surface area contributed by atoms with Crippen LogP contribution in [0.25, 0.3) is 0 Å². The van der Waals surface area contributed by atoms with Gasteiger partial charge >= 0.3 is 5.97 Å². The molecule has 0 amide bonds. The second-order valence-corrected chi connectivity index (χ2v) is 10.1. The molecule has 194 valence electrons. The first-order valence-electron chi connectivity index (χ1n) is 13.9. The summed E-state index contributed by atoms with van der Waals surface area (Å²) in [5, 5.41) is 3.40. The van der Waals surface area contributed by atoms with Gasteiger partial charge in [-0.2, -0.15) is 0 Å². The van der Waals surface area contributed by atoms with Crippen molar-refractivity contribution in [2.75, 3.05) is 5.32 Å². The quantitative estimate of drug-likeness (QED) is 0.147. The van der Waals surface area contributed by atoms with Crippen LogP contribution in [0.4, 0.5) is 5.69 Å². The Balaban J connectivity index is 1.36. The number of carbonyl (C=O) groups is 2. The van der Waals surface area contributed by atoms with Gasteiger partial charge in [-0.1, -0.05) is 105 Å². The zero-order valence-electron chi connectivity index (χ0n) is 21.7. The Morgan fingerprint density at radius 1 is 0.757 bits per heavy atom. The molecule has 0 saturated heterocycles. The number of Topliss-reactive ketones (excluding diaryl/α,β-unsaturated/α-hetero) is 1. The Bertz CT molecular complexity index is 1080. The highest BCUT2D eigenvalue weighted by Crippen LogP contribution is 2.32. The summed E-state index contributed by atoms with van der Waals surface area (Å²) < 4.78 is 6.31. The van der Waals surface area contributed by atoms with Crippen LogP contribution in [0.5, 0.6) is 0 Å². The molecule has 1 aliphatic rings. The van der Waals surface area contributed by atoms with Crippen LogP contribution in [0, 0.1) is 5.92 Å². The van der Waals surface area contributed by atoms with E-state index in [-0.39, 0.29) is 17.9 Å². The molecule has 3 aromatic carbocycles. The van der Waals surface area contributed by atoms with Crippen molar-refractivity contribution >= 4 is 17.4 Å². The number of anilines is 1. The largest absolute Gasteiger partial charge is 0.460 e. The van der Waals surface area contributed by atoms with Crippen LogP contribution >= 0.6 is 0 Å². The van der Waals surface area contributed by atoms with Crippen LogP contribution in [0.3, 0.4) is 0 Å². The van der Waals surface area contributed by atoms with E-state index in [1.807, 2.05) is 91.0 Å². The molecule has 4 heteroatoms. The van der Waals surface area contributed by atoms with Gasteiger partial charge in [0.25, 0.3) is 0 Å². The molecule has 0 aliphatic heterocycles. The fourth-order valence-corrected chi connectivity index (χ4v) is 5.32. The van der Waals surface area contributed by atoms with E-state index in [2.05, 4.69) is 5.32 Å². The van der Waals surface area contributed by atoms with E-state index in [1.54, 1.807) is 0 Å². The van der Waals surface area contributed by atoms with Crippen molar-refractivity contribution < 1.29 is 14.3 Å². The summed E-state index contributed by atoms with van der Waals surface area (Å²) in [4.78, 5) is 26.0. The number of carbonyl (C=O) groups excluding carboxylic acids is 2. The highest BCUT2D eigenvalue weighted by atomic mass is 16.5. The molecule has 1 aliphatic carbocycles. The summed E-state index contributed by atoms with van der Waals surface area (Å²) in [6.45, 7) is 0. The highest BCUT2D eigenvalue weighted by molar-refractivity contribution is 5.95. The van der Waals surface area contributed by atoms with Gasteiger partial charge in [0.1, 0.15) is 6.10 Å². The van der Waals surface area contributed by atoms with Gasteiger partial charge in [0.15, 0.2) is 11.8 Å². The lowest BCUT2D eigenvalue weighted by Crippen LogP contribution is -2.33. The number of esters is 1. The Hall–Kier alpha value is -3.40. The maximum Gasteiger partial charge on any atom is 0.333 e. The molecule has 0 heterocycles. The maximum absolute atomic E-state index is 13.6. The van der Waals surface area contributed by atoms with Gasteiger partial charge in [0.05, 0.1) is 0 Å². The molecule has 1 N–H and O–H groups in total. The number of rotatable bonds is 13. The molecular formula is C33H39NO3. The molecule has 0 unspecified atom stereocenters. The molecule has 0 aromatic heterocycles. The van der Waals surface area contributed by atoms with Crippen molar-refractivity contribution in [2.45, 2.75) is 76.4 Å². The highest BCUT2D eigenvalue weighted by Gasteiger charge is 2.30. The van der Waals surface area contributed by atoms with Crippen molar-refractivity contribution in [3.8, 4) is 0 Å². The molecular weight excluding hydrogens is 458 g/mol. The average Bonchev–Trinajstić information content (AvgIpc) is 2.97. The fraction of sp³-hybridized carbons (Fsp3) is 0.394. The lowest BCUT2D eigenvalue weighted by molar-refractivity contribution is -0.154. The number of benzene rings is 3. The summed E-state index contributed by atoms with van der Waals surface area (Å²) >= 11 is 0. The smallest absolute Gasteiger partial charge is 0.333 e. The second-order valence-electron chi connectivity index (χ2n) is 10.1. The van der Waals surface area contributed by atoms with E-state index >= 15 is 0 Å². The van der Waals surface area contributed by atoms with Gasteiger partial charge in [0.2, 0.25) is 0 Å². The Labute approximate surface area is 221 Å². The van der Waals surface area contributed by atoms with Crippen LogP contribution in [0.2, 0.25) is 0 Å². The fourth-order valence-electron chi connectivity index (χ4n) is 5.32. The minimum Gasteiger partial charge on any atom is -0.460 e. The van der Waals surface area contributed by atoms with Crippen molar-refractivity contribution in [2.24, 2.45) is 5.92 Å². The first-order valence-corrected chi connectivity index (χ1v) is 13.9. The SMILES string of the molecule is O=C(CCCCC[C@H](OC(=O)[C@H](Nc1ccccc1)c1ccccc1)C1CCCCC1)c1ccccc1. The summed E-state index contributed by atoms with van der Waals surface area (Å²) in [5.41, 5.74) is 2.58. The second kappa shape index (κ2) is 14.4. The maximum atomic E-state index is 13.6. The Kier molecular flexibility index (Phi) is 10.4. The predicted octanol–water partition coefficient (Wildman–Crippen LogP) is 8.17. The van der Waals surface area contributed by atoms with Crippen LogP contribution in [-0.4, -0.2) is 17.9 Å². The van der Waals surface area contributed by atoms with Crippen LogP contribution in [-0.2, 0) is 9.53 Å². The Morgan fingerprint density at radius 2 is 1.38 bits per heavy atom. The summed E-state index contributed by atoms with van der Waals surface area (Å²) in [7, 11) is 0. The van der Waals surface area contributed by atoms with Crippen molar-refractivity contribution in [1.29, 1.82) is 0 Å². The minimum absolute atomic E-state index is 0.0820. The monoisotopic (exact) mass is 497 g/mol. The lowest BCUT2D eigenvalue weighted by atomic mass is 9.83. The van der Waals surface area contributed by atoms with Crippen molar-refractivity contribution in [3.05, 3.63) is 102 Å². The standard InChI is InChI=1S/C33H39NO3/c35-30(26-16-6-1-7-17-26)24-14-5-15-25-31(27-18-8-2-9-19-27)37-33(36)32(28-20-10-3-11-21-28)34-29-22-12-4-13-23-29/h1,3-4,6-7,10-13,16-17,20-23,27,31-32,34H,2,5,8-9,14-15,18-19,24-25H2/t31-,32+/m0/s1. The molecule has 4 rings (SSSR count). The Morgan fingerprint density at radius 3 is 2.05 bits per heavy atom. The van der Waals surface area contributed by atoms with E-state index in [0.717, 1.165) is 55.3 Å². The summed E-state index contributed by atoms with van der Waals surface area (Å²) in [6, 6.07) is 28.6. The van der Waals surface area contributed by atoms with Gasteiger partial charge < -0.3 is 10.1 Å². The third-order valence-corrected chi connectivity index (χ3v) is 7.38. The van der Waals surface area contributed by atoms with E-state index in [4.69, 9.17) is 4.74 Å². The molecule has 3 aromatic rings. The number of para-hydroxylation sites is 1. The minimum atomic E-state index is -0.557. The summed E-state index contributed by atoms with van der Waals surface area (Å²) in [5.74, 6) is 0.398. The van der Waals surface area contributed by atoms with Crippen molar-refractivity contribution in [1.82, 2.24) is 0 Å². The number of hydrogen-bond acceptors (Lipinski definition) is 4. The van der Waals surface area contributed by atoms with Gasteiger partial charge in [-0.05, 0) is 55.7 Å². The number of ether oxygens (including phenoxy) is 1. The van der Waals surface area contributed by atoms with Gasteiger partial charge in [-0.25, -0.2) is 4.79 Å². The predicted molar refractivity (Wildman–Crippen MR) is 150 cm³/mol. The van der Waals surface area contributed by atoms with Gasteiger partial charge in [-0.15, -0.1) is 0 Å². The zero-order chi connectivity index (χ0) is 25.7. The number of unbranched alkanes of at least 4 members (excludes halogenated alkanes) is 2. The third-order valence-electron chi connectivity index (χ3n) is 7.38. The first kappa shape index (κ1) is 26.7. The van der Waals surface area contributed by atoms with E-state index in [9.17, 15) is 9.59 Å². The van der Waals surface area contributed by atoms with Crippen LogP contribution in [0.1, 0.15) is 86.2 Å². The summed E-state index contributed by atoms with van der Waals surface area (Å²) in [6.07, 6.45) is 10.0. The molecule has 37 heavy (non-hydrogen) atoms. The van der Waals surface area contributed by atoms with Gasteiger partial charge in [-0.3, -0.25) is 4.79 Å². The number of ketones is 1. The number of hydrogen-bond donors (Lipinski definition) is 1. The molecule has 4 nitrogen and oxygen atoms in total. The van der Waals surface area contributed by atoms with Crippen LogP contribution < -0.4 is 5.32 Å². The molecule has 0 spiro atoms. The van der Waals surface area contributed by atoms with Crippen LogP contribution in [0.15, 0.2) is 91.0 Å². The molecule has 0 radical (unpaired) electrons. The molecule has 2 atom stereocenters. The average molecular weight is 498 g/mol. The topological polar surface area (TPSA) is 55.4 Å². The molecule has 1 fully saturated rings. The molecule has 0 bridgehead atoms.